The number of nitrogens with one attached hydrogen (secondary N) is 2. The van der Waals surface area contributed by atoms with E-state index in [0.717, 1.165) is 16.7 Å². The van der Waals surface area contributed by atoms with Gasteiger partial charge in [-0.05, 0) is 98.2 Å². The molecule has 0 aliphatic carbocycles. The van der Waals surface area contributed by atoms with Gasteiger partial charge in [0.1, 0.15) is 22.5 Å². The van der Waals surface area contributed by atoms with E-state index < -0.39 is 5.91 Å². The van der Waals surface area contributed by atoms with Crippen LogP contribution in [0.25, 0.3) is 28.0 Å². The van der Waals surface area contributed by atoms with Crippen molar-refractivity contribution >= 4 is 51.6 Å². The Hall–Kier alpha value is -4.21. The van der Waals surface area contributed by atoms with Gasteiger partial charge >= 0.3 is 0 Å². The molecule has 0 fully saturated rings. The highest BCUT2D eigenvalue weighted by Gasteiger charge is 2.16. The number of anilines is 1. The molecule has 5 rings (SSSR count). The van der Waals surface area contributed by atoms with Crippen molar-refractivity contribution in [2.75, 3.05) is 12.4 Å². The van der Waals surface area contributed by atoms with Gasteiger partial charge < -0.3 is 14.5 Å². The number of carbonyl (C=O) groups is 1. The van der Waals surface area contributed by atoms with Crippen LogP contribution in [-0.4, -0.2) is 33.1 Å². The summed E-state index contributed by atoms with van der Waals surface area (Å²) in [5.41, 5.74) is 6.85. The van der Waals surface area contributed by atoms with E-state index in [9.17, 15) is 4.79 Å². The van der Waals surface area contributed by atoms with Crippen LogP contribution in [-0.2, 0) is 0 Å². The predicted molar refractivity (Wildman–Crippen MR) is 152 cm³/mol. The summed E-state index contributed by atoms with van der Waals surface area (Å²) < 4.78 is 11.0. The van der Waals surface area contributed by atoms with Crippen molar-refractivity contribution in [3.8, 4) is 22.8 Å². The molecule has 2 aromatic heterocycles. The van der Waals surface area contributed by atoms with Crippen LogP contribution in [0.5, 0.6) is 5.75 Å². The first-order valence-corrected chi connectivity index (χ1v) is 12.5. The lowest BCUT2D eigenvalue weighted by Gasteiger charge is -2.11. The number of furan rings is 1. The Balaban J connectivity index is 1.30. The maximum Gasteiger partial charge on any atom is 0.293 e. The summed E-state index contributed by atoms with van der Waals surface area (Å²) in [6.45, 7) is 6.00. The topological polar surface area (TPSA) is 94.2 Å². The Morgan fingerprint density at radius 3 is 2.42 bits per heavy atom. The molecule has 8 nitrogen and oxygen atoms in total. The lowest BCUT2D eigenvalue weighted by molar-refractivity contribution is 0.0951. The molecular weight excluding hydrogens is 522 g/mol. The van der Waals surface area contributed by atoms with Crippen LogP contribution in [0.1, 0.15) is 27.2 Å². The number of fused-ring (bicyclic) bond motifs is 1. The largest absolute Gasteiger partial charge is 0.495 e. The number of rotatable bonds is 5. The van der Waals surface area contributed by atoms with E-state index in [1.807, 2.05) is 57.2 Å². The van der Waals surface area contributed by atoms with Crippen LogP contribution in [0, 0.1) is 20.8 Å². The molecule has 0 aliphatic heterocycles. The normalized spacial score (nSPS) is 11.0. The van der Waals surface area contributed by atoms with Crippen molar-refractivity contribution in [3.63, 3.8) is 0 Å². The minimum Gasteiger partial charge on any atom is -0.495 e. The van der Waals surface area contributed by atoms with Gasteiger partial charge in [-0.25, -0.2) is 0 Å². The molecule has 0 atom stereocenters. The number of hydrogen-bond donors (Lipinski definition) is 2. The van der Waals surface area contributed by atoms with Gasteiger partial charge in [-0.1, -0.05) is 23.7 Å². The van der Waals surface area contributed by atoms with Gasteiger partial charge in [-0.3, -0.25) is 10.1 Å². The number of benzene rings is 3. The van der Waals surface area contributed by atoms with Crippen molar-refractivity contribution < 1.29 is 13.9 Å². The van der Waals surface area contributed by atoms with Gasteiger partial charge in [-0.15, -0.1) is 10.2 Å². The molecule has 0 radical (unpaired) electrons. The molecule has 2 heterocycles. The summed E-state index contributed by atoms with van der Waals surface area (Å²) >= 11 is 11.7. The van der Waals surface area contributed by atoms with Gasteiger partial charge in [0.2, 0.25) is 0 Å². The summed E-state index contributed by atoms with van der Waals surface area (Å²) in [6.07, 6.45) is 0. The Kier molecular flexibility index (Phi) is 6.88. The Morgan fingerprint density at radius 1 is 0.947 bits per heavy atom. The number of amides is 1. The van der Waals surface area contributed by atoms with Crippen molar-refractivity contribution in [1.29, 1.82) is 0 Å². The number of halogens is 1. The van der Waals surface area contributed by atoms with Gasteiger partial charge in [0.25, 0.3) is 5.91 Å². The van der Waals surface area contributed by atoms with Gasteiger partial charge in [0.05, 0.1) is 17.8 Å². The van der Waals surface area contributed by atoms with Crippen LogP contribution >= 0.6 is 23.8 Å². The molecule has 2 N–H and O–H groups in total. The van der Waals surface area contributed by atoms with Crippen LogP contribution in [0.3, 0.4) is 0 Å². The maximum absolute atomic E-state index is 12.8. The summed E-state index contributed by atoms with van der Waals surface area (Å²) in [5.74, 6) is 0.898. The predicted octanol–water partition coefficient (Wildman–Crippen LogP) is 6.39. The van der Waals surface area contributed by atoms with E-state index in [4.69, 9.17) is 33.0 Å². The lowest BCUT2D eigenvalue weighted by Crippen LogP contribution is -2.34. The first-order chi connectivity index (χ1) is 18.2. The van der Waals surface area contributed by atoms with Crippen LogP contribution < -0.4 is 15.4 Å². The number of hydrogen-bond acceptors (Lipinski definition) is 6. The highest BCUT2D eigenvalue weighted by molar-refractivity contribution is 7.80. The number of aromatic nitrogens is 3. The first-order valence-electron chi connectivity index (χ1n) is 11.7. The molecule has 10 heteroatoms. The van der Waals surface area contributed by atoms with Crippen molar-refractivity contribution in [2.45, 2.75) is 20.8 Å². The summed E-state index contributed by atoms with van der Waals surface area (Å²) in [5, 5.41) is 15.5. The smallest absolute Gasteiger partial charge is 0.293 e. The molecule has 3 aromatic carbocycles. The zero-order valence-electron chi connectivity index (χ0n) is 21.1. The fraction of sp³-hybridized carbons (Fsp3) is 0.143. The monoisotopic (exact) mass is 545 g/mol. The molecule has 0 aliphatic rings. The Bertz CT molecular complexity index is 1710. The minimum absolute atomic E-state index is 0.135. The van der Waals surface area contributed by atoms with Gasteiger partial charge in [-0.2, -0.15) is 4.80 Å². The van der Waals surface area contributed by atoms with Gasteiger partial charge in [0, 0.05) is 11.3 Å². The van der Waals surface area contributed by atoms with E-state index in [-0.39, 0.29) is 10.9 Å². The molecule has 0 unspecified atom stereocenters. The molecule has 0 spiro atoms. The summed E-state index contributed by atoms with van der Waals surface area (Å²) in [4.78, 5) is 14.3. The third-order valence-corrected chi connectivity index (χ3v) is 6.69. The van der Waals surface area contributed by atoms with E-state index in [2.05, 4.69) is 20.8 Å². The zero-order valence-corrected chi connectivity index (χ0v) is 22.7. The van der Waals surface area contributed by atoms with Crippen LogP contribution in [0.2, 0.25) is 5.02 Å². The third-order valence-electron chi connectivity index (χ3n) is 6.19. The Labute approximate surface area is 229 Å². The van der Waals surface area contributed by atoms with E-state index in [0.29, 0.717) is 38.9 Å². The van der Waals surface area contributed by atoms with E-state index >= 15 is 0 Å². The summed E-state index contributed by atoms with van der Waals surface area (Å²) in [6, 6.07) is 18.4. The fourth-order valence-corrected chi connectivity index (χ4v) is 4.38. The first kappa shape index (κ1) is 25.4. The Morgan fingerprint density at radius 2 is 1.71 bits per heavy atom. The minimum atomic E-state index is -0.446. The number of methoxy groups -OCH3 is 1. The number of ether oxygens (including phenoxy) is 1. The SMILES string of the molecule is COc1ccc(-n2nc3cc(C)c(NC(=S)NC(=O)c4ccc(-c5ccc(C)c(C)c5)o4)cc3n2)cc1Cl. The van der Waals surface area contributed by atoms with Gasteiger partial charge in [0.15, 0.2) is 10.9 Å². The molecule has 0 bridgehead atoms. The van der Waals surface area contributed by atoms with Crippen LogP contribution in [0.15, 0.2) is 65.1 Å². The van der Waals surface area contributed by atoms with Crippen molar-refractivity contribution in [2.24, 2.45) is 0 Å². The second kappa shape index (κ2) is 10.3. The quantitative estimate of drug-likeness (QED) is 0.247. The van der Waals surface area contributed by atoms with E-state index in [1.54, 1.807) is 31.4 Å². The average Bonchev–Trinajstić information content (AvgIpc) is 3.53. The number of thiocarbonyl (C=S) groups is 1. The van der Waals surface area contributed by atoms with Crippen molar-refractivity contribution in [1.82, 2.24) is 20.3 Å². The molecule has 5 aromatic rings. The second-order valence-electron chi connectivity index (χ2n) is 8.84. The lowest BCUT2D eigenvalue weighted by atomic mass is 10.1. The van der Waals surface area contributed by atoms with Crippen molar-refractivity contribution in [3.05, 3.63) is 88.1 Å². The highest BCUT2D eigenvalue weighted by Crippen LogP contribution is 2.28. The number of carbonyl (C=O) groups excluding carboxylic acids is 1. The maximum atomic E-state index is 12.8. The molecule has 1 amide bonds. The molecule has 192 valence electrons. The zero-order chi connectivity index (χ0) is 27.0. The third kappa shape index (κ3) is 5.11. The number of aryl methyl sites for hydroxylation is 3. The molecule has 0 saturated heterocycles. The van der Waals surface area contributed by atoms with Crippen LogP contribution in [0.4, 0.5) is 5.69 Å². The van der Waals surface area contributed by atoms with E-state index in [1.165, 1.54) is 10.4 Å². The molecule has 38 heavy (non-hydrogen) atoms. The molecular formula is C28H24ClN5O3S. The summed E-state index contributed by atoms with van der Waals surface area (Å²) in [7, 11) is 1.56. The standard InChI is InChI=1S/C28H24ClN5O3S/c1-15-5-6-18(11-16(15)2)24-9-10-26(37-24)27(35)31-28(38)30-21-14-23-22(12-17(21)3)32-34(33-23)19-7-8-25(36-4)20(29)13-19/h5-14H,1-4H3,(H2,30,31,35,38). The highest BCUT2D eigenvalue weighted by atomic mass is 35.5. The molecule has 0 saturated carbocycles. The number of nitrogens with zero attached hydrogens (tertiary/aromatic N) is 3. The average molecular weight is 546 g/mol. The second-order valence-corrected chi connectivity index (χ2v) is 9.65. The fourth-order valence-electron chi connectivity index (χ4n) is 3.93.